The van der Waals surface area contributed by atoms with E-state index < -0.39 is 11.6 Å². The zero-order valence-electron chi connectivity index (χ0n) is 13.3. The lowest BCUT2D eigenvalue weighted by molar-refractivity contribution is 0.240. The summed E-state index contributed by atoms with van der Waals surface area (Å²) in [5, 5.41) is 0. The molecule has 5 nitrogen and oxygen atoms in total. The van der Waals surface area contributed by atoms with Crippen LogP contribution in [0.3, 0.4) is 0 Å². The molecular weight excluding hydrogens is 328 g/mol. The summed E-state index contributed by atoms with van der Waals surface area (Å²) in [7, 11) is 0. The number of fused-ring (bicyclic) bond motifs is 1. The highest BCUT2D eigenvalue weighted by molar-refractivity contribution is 5.47. The summed E-state index contributed by atoms with van der Waals surface area (Å²) in [6.45, 7) is 1.57. The van der Waals surface area contributed by atoms with E-state index in [1.165, 1.54) is 12.3 Å². The number of halogens is 2. The van der Waals surface area contributed by atoms with E-state index in [9.17, 15) is 13.6 Å². The van der Waals surface area contributed by atoms with Crippen molar-refractivity contribution in [2.45, 2.75) is 19.5 Å². The molecule has 0 saturated carbocycles. The van der Waals surface area contributed by atoms with Gasteiger partial charge in [0.1, 0.15) is 0 Å². The summed E-state index contributed by atoms with van der Waals surface area (Å²) in [4.78, 5) is 21.6. The third-order valence-corrected chi connectivity index (χ3v) is 4.30. The van der Waals surface area contributed by atoms with Crippen molar-refractivity contribution in [3.05, 3.63) is 75.4 Å². The predicted molar refractivity (Wildman–Crippen MR) is 86.7 cm³/mol. The number of hydrogen-bond acceptors (Lipinski definition) is 4. The maximum Gasteiger partial charge on any atom is 0.254 e. The van der Waals surface area contributed by atoms with Gasteiger partial charge < -0.3 is 9.40 Å². The van der Waals surface area contributed by atoms with Gasteiger partial charge in [-0.15, -0.1) is 0 Å². The van der Waals surface area contributed by atoms with Crippen molar-refractivity contribution >= 4 is 0 Å². The first kappa shape index (κ1) is 15.7. The largest absolute Gasteiger partial charge is 0.461 e. The number of H-pyrrole nitrogens is 1. The van der Waals surface area contributed by atoms with Crippen LogP contribution in [0, 0.1) is 11.6 Å². The first-order chi connectivity index (χ1) is 12.1. The fourth-order valence-corrected chi connectivity index (χ4v) is 3.05. The van der Waals surface area contributed by atoms with Gasteiger partial charge in [0.2, 0.25) is 0 Å². The lowest BCUT2D eigenvalue weighted by atomic mass is 10.1. The molecule has 1 aliphatic rings. The van der Waals surface area contributed by atoms with E-state index in [1.807, 2.05) is 4.90 Å². The van der Waals surface area contributed by atoms with Gasteiger partial charge in [0.05, 0.1) is 12.0 Å². The maximum absolute atomic E-state index is 13.4. The molecule has 2 aromatic heterocycles. The highest BCUT2D eigenvalue weighted by Gasteiger charge is 2.22. The fourth-order valence-electron chi connectivity index (χ4n) is 3.05. The van der Waals surface area contributed by atoms with Crippen LogP contribution in [0.1, 0.15) is 16.8 Å². The Bertz CT molecular complexity index is 967. The second kappa shape index (κ2) is 6.25. The van der Waals surface area contributed by atoms with Crippen molar-refractivity contribution in [3.8, 4) is 11.6 Å². The Balaban J connectivity index is 1.59. The third-order valence-electron chi connectivity index (χ3n) is 4.30. The van der Waals surface area contributed by atoms with Gasteiger partial charge in [0.15, 0.2) is 23.2 Å². The van der Waals surface area contributed by atoms with Crippen LogP contribution in [0.5, 0.6) is 0 Å². The number of furan rings is 1. The molecule has 1 aromatic carbocycles. The zero-order chi connectivity index (χ0) is 17.4. The highest BCUT2D eigenvalue weighted by atomic mass is 19.2. The van der Waals surface area contributed by atoms with Crippen molar-refractivity contribution in [2.75, 3.05) is 6.54 Å². The summed E-state index contributed by atoms with van der Waals surface area (Å²) < 4.78 is 31.7. The van der Waals surface area contributed by atoms with Gasteiger partial charge in [-0.25, -0.2) is 13.8 Å². The van der Waals surface area contributed by atoms with Crippen LogP contribution < -0.4 is 5.56 Å². The van der Waals surface area contributed by atoms with Crippen molar-refractivity contribution in [3.63, 3.8) is 0 Å². The first-order valence-corrected chi connectivity index (χ1v) is 7.92. The van der Waals surface area contributed by atoms with Gasteiger partial charge in [-0.1, -0.05) is 6.07 Å². The third kappa shape index (κ3) is 3.10. The SMILES string of the molecule is O=c1[nH]c(-c2ccco2)nc2c1CCN(Cc1ccc(F)c(F)c1)C2. The van der Waals surface area contributed by atoms with Gasteiger partial charge in [-0.2, -0.15) is 0 Å². The number of aromatic nitrogens is 2. The quantitative estimate of drug-likeness (QED) is 0.794. The maximum atomic E-state index is 13.4. The fraction of sp³-hybridized carbons (Fsp3) is 0.222. The van der Waals surface area contributed by atoms with E-state index in [0.717, 1.165) is 6.07 Å². The molecule has 4 rings (SSSR count). The van der Waals surface area contributed by atoms with Crippen LogP contribution >= 0.6 is 0 Å². The molecule has 128 valence electrons. The van der Waals surface area contributed by atoms with Crippen LogP contribution in [-0.4, -0.2) is 21.4 Å². The number of nitrogens with one attached hydrogen (secondary N) is 1. The predicted octanol–water partition coefficient (Wildman–Crippen LogP) is 2.87. The monoisotopic (exact) mass is 343 g/mol. The minimum atomic E-state index is -0.857. The number of hydrogen-bond donors (Lipinski definition) is 1. The van der Waals surface area contributed by atoms with E-state index in [4.69, 9.17) is 4.42 Å². The summed E-state index contributed by atoms with van der Waals surface area (Å²) >= 11 is 0. The second-order valence-electron chi connectivity index (χ2n) is 6.03. The lowest BCUT2D eigenvalue weighted by Crippen LogP contribution is -2.35. The molecule has 25 heavy (non-hydrogen) atoms. The lowest BCUT2D eigenvalue weighted by Gasteiger charge is -2.27. The van der Waals surface area contributed by atoms with Crippen LogP contribution in [0.25, 0.3) is 11.6 Å². The van der Waals surface area contributed by atoms with E-state index in [1.54, 1.807) is 18.2 Å². The molecule has 1 N–H and O–H groups in total. The molecule has 1 aliphatic heterocycles. The molecule has 3 aromatic rings. The van der Waals surface area contributed by atoms with Crippen molar-refractivity contribution in [1.29, 1.82) is 0 Å². The standard InChI is InChI=1S/C18H15F2N3O2/c19-13-4-3-11(8-14(13)20)9-23-6-5-12-15(10-23)21-17(22-18(12)24)16-2-1-7-25-16/h1-4,7-8H,5-6,9-10H2,(H,21,22,24). The zero-order valence-corrected chi connectivity index (χ0v) is 13.3. The first-order valence-electron chi connectivity index (χ1n) is 7.92. The van der Waals surface area contributed by atoms with E-state index in [2.05, 4.69) is 9.97 Å². The Morgan fingerprint density at radius 3 is 2.88 bits per heavy atom. The van der Waals surface area contributed by atoms with Crippen LogP contribution in [0.15, 0.2) is 45.8 Å². The van der Waals surface area contributed by atoms with Gasteiger partial charge >= 0.3 is 0 Å². The van der Waals surface area contributed by atoms with Crippen LogP contribution in [0.2, 0.25) is 0 Å². The van der Waals surface area contributed by atoms with Gasteiger partial charge in [0, 0.05) is 25.2 Å². The van der Waals surface area contributed by atoms with Crippen LogP contribution in [-0.2, 0) is 19.5 Å². The molecule has 0 bridgehead atoms. The highest BCUT2D eigenvalue weighted by Crippen LogP contribution is 2.20. The minimum Gasteiger partial charge on any atom is -0.461 e. The number of aromatic amines is 1. The minimum absolute atomic E-state index is 0.163. The molecule has 0 saturated heterocycles. The molecule has 0 amide bonds. The molecule has 0 aliphatic carbocycles. The number of rotatable bonds is 3. The summed E-state index contributed by atoms with van der Waals surface area (Å²) in [6.07, 6.45) is 2.07. The average Bonchev–Trinajstić information content (AvgIpc) is 3.12. The Morgan fingerprint density at radius 2 is 2.12 bits per heavy atom. The van der Waals surface area contributed by atoms with Crippen LogP contribution in [0.4, 0.5) is 8.78 Å². The van der Waals surface area contributed by atoms with E-state index in [0.29, 0.717) is 54.5 Å². The summed E-state index contributed by atoms with van der Waals surface area (Å²) in [5.74, 6) is -0.824. The molecule has 0 radical (unpaired) electrons. The van der Waals surface area contributed by atoms with Gasteiger partial charge in [-0.05, 0) is 36.2 Å². The van der Waals surface area contributed by atoms with Gasteiger partial charge in [-0.3, -0.25) is 9.69 Å². The average molecular weight is 343 g/mol. The molecule has 0 atom stereocenters. The van der Waals surface area contributed by atoms with E-state index in [-0.39, 0.29) is 5.56 Å². The summed E-state index contributed by atoms with van der Waals surface area (Å²) in [6, 6.07) is 7.34. The number of benzene rings is 1. The molecule has 0 fully saturated rings. The molecule has 0 unspecified atom stereocenters. The van der Waals surface area contributed by atoms with Crippen molar-refractivity contribution in [1.82, 2.24) is 14.9 Å². The van der Waals surface area contributed by atoms with Gasteiger partial charge in [0.25, 0.3) is 5.56 Å². The molecule has 0 spiro atoms. The number of nitrogens with zero attached hydrogens (tertiary/aromatic N) is 2. The Labute approximate surface area is 141 Å². The second-order valence-corrected chi connectivity index (χ2v) is 6.03. The van der Waals surface area contributed by atoms with E-state index >= 15 is 0 Å². The molecule has 7 heteroatoms. The Morgan fingerprint density at radius 1 is 1.24 bits per heavy atom. The van der Waals surface area contributed by atoms with Crippen molar-refractivity contribution < 1.29 is 13.2 Å². The summed E-state index contributed by atoms with van der Waals surface area (Å²) in [5.41, 5.74) is 1.86. The molecular formula is C18H15F2N3O2. The Kier molecular flexibility index (Phi) is 3.93. The topological polar surface area (TPSA) is 62.1 Å². The molecule has 3 heterocycles. The van der Waals surface area contributed by atoms with Crippen molar-refractivity contribution in [2.24, 2.45) is 0 Å². The Hall–Kier alpha value is -2.80. The smallest absolute Gasteiger partial charge is 0.254 e. The normalized spacial score (nSPS) is 14.5.